The van der Waals surface area contributed by atoms with Crippen LogP contribution in [0.3, 0.4) is 0 Å². The van der Waals surface area contributed by atoms with E-state index in [-0.39, 0.29) is 18.3 Å². The molecule has 18 heavy (non-hydrogen) atoms. The average Bonchev–Trinajstić information content (AvgIpc) is 2.37. The highest BCUT2D eigenvalue weighted by atomic mass is 32.2. The monoisotopic (exact) mass is 279 g/mol. The lowest BCUT2D eigenvalue weighted by atomic mass is 9.83. The van der Waals surface area contributed by atoms with E-state index in [4.69, 9.17) is 15.2 Å². The van der Waals surface area contributed by atoms with Crippen molar-refractivity contribution in [1.29, 1.82) is 0 Å². The Morgan fingerprint density at radius 3 is 2.39 bits per heavy atom. The summed E-state index contributed by atoms with van der Waals surface area (Å²) in [5.74, 6) is -0.979. The predicted molar refractivity (Wildman–Crippen MR) is 66.8 cm³/mol. The first-order valence-corrected chi connectivity index (χ1v) is 7.66. The van der Waals surface area contributed by atoms with E-state index in [0.717, 1.165) is 0 Å². The molecule has 2 N–H and O–H groups in total. The smallest absolute Gasteiger partial charge is 0.311 e. The summed E-state index contributed by atoms with van der Waals surface area (Å²) in [6.07, 6.45) is 0.138. The number of hydrogen-bond acceptors (Lipinski definition) is 6. The van der Waals surface area contributed by atoms with Crippen LogP contribution in [0.4, 0.5) is 0 Å². The van der Waals surface area contributed by atoms with Gasteiger partial charge in [-0.2, -0.15) is 0 Å². The molecule has 4 atom stereocenters. The first kappa shape index (κ1) is 15.4. The van der Waals surface area contributed by atoms with Gasteiger partial charge in [0, 0.05) is 18.9 Å². The molecule has 1 fully saturated rings. The lowest BCUT2D eigenvalue weighted by Gasteiger charge is -2.37. The van der Waals surface area contributed by atoms with Crippen molar-refractivity contribution >= 4 is 15.8 Å². The predicted octanol–water partition coefficient (Wildman–Crippen LogP) is -0.285. The zero-order valence-electron chi connectivity index (χ0n) is 11.0. The molecule has 106 valence electrons. The molecule has 1 saturated carbocycles. The second kappa shape index (κ2) is 5.99. The van der Waals surface area contributed by atoms with E-state index in [9.17, 15) is 13.2 Å². The second-order valence-corrected chi connectivity index (χ2v) is 7.04. The molecule has 0 spiro atoms. The Bertz CT molecular complexity index is 394. The van der Waals surface area contributed by atoms with Crippen molar-refractivity contribution in [3.63, 3.8) is 0 Å². The van der Waals surface area contributed by atoms with Gasteiger partial charge in [0.05, 0.1) is 24.4 Å². The van der Waals surface area contributed by atoms with Gasteiger partial charge in [0.2, 0.25) is 0 Å². The van der Waals surface area contributed by atoms with E-state index < -0.39 is 33.0 Å². The van der Waals surface area contributed by atoms with Gasteiger partial charge in [-0.25, -0.2) is 8.42 Å². The van der Waals surface area contributed by atoms with Gasteiger partial charge >= 0.3 is 5.97 Å². The van der Waals surface area contributed by atoms with E-state index in [1.807, 2.05) is 0 Å². The zero-order chi connectivity index (χ0) is 13.9. The van der Waals surface area contributed by atoms with Crippen molar-refractivity contribution in [3.8, 4) is 0 Å². The minimum absolute atomic E-state index is 0.0247. The average molecular weight is 279 g/mol. The van der Waals surface area contributed by atoms with Crippen molar-refractivity contribution in [2.24, 2.45) is 11.7 Å². The van der Waals surface area contributed by atoms with Crippen LogP contribution in [0.1, 0.15) is 19.8 Å². The standard InChI is InChI=1S/C11H21NO5S/c1-4-18(14,15)10-5-7(11(13)17-3)9(16-2)6-8(10)12/h7-10H,4-6,12H2,1-3H3. The van der Waals surface area contributed by atoms with E-state index in [0.29, 0.717) is 6.42 Å². The van der Waals surface area contributed by atoms with Crippen LogP contribution in [-0.4, -0.2) is 51.8 Å². The number of carbonyl (C=O) groups excluding carboxylic acids is 1. The van der Waals surface area contributed by atoms with Gasteiger partial charge in [0.15, 0.2) is 9.84 Å². The Hall–Kier alpha value is -0.660. The van der Waals surface area contributed by atoms with Gasteiger partial charge < -0.3 is 15.2 Å². The number of carbonyl (C=O) groups is 1. The van der Waals surface area contributed by atoms with Crippen molar-refractivity contribution in [1.82, 2.24) is 0 Å². The molecule has 0 saturated heterocycles. The van der Waals surface area contributed by atoms with Gasteiger partial charge in [0.1, 0.15) is 0 Å². The highest BCUT2D eigenvalue weighted by Crippen LogP contribution is 2.31. The van der Waals surface area contributed by atoms with Gasteiger partial charge in [-0.15, -0.1) is 0 Å². The third-order valence-electron chi connectivity index (χ3n) is 3.59. The molecule has 0 aromatic rings. The summed E-state index contributed by atoms with van der Waals surface area (Å²) >= 11 is 0. The Balaban J connectivity index is 2.96. The SMILES string of the molecule is CCS(=O)(=O)C1CC(C(=O)OC)C(OC)CC1N. The summed E-state index contributed by atoms with van der Waals surface area (Å²) in [6, 6.07) is -0.499. The summed E-state index contributed by atoms with van der Waals surface area (Å²) in [4.78, 5) is 11.7. The lowest BCUT2D eigenvalue weighted by molar-refractivity contribution is -0.152. The first-order valence-electron chi connectivity index (χ1n) is 5.95. The number of esters is 1. The Morgan fingerprint density at radius 1 is 1.33 bits per heavy atom. The maximum absolute atomic E-state index is 11.9. The van der Waals surface area contributed by atoms with Crippen LogP contribution in [0.2, 0.25) is 0 Å². The minimum atomic E-state index is -3.27. The van der Waals surface area contributed by atoms with Crippen LogP contribution in [0, 0.1) is 5.92 Å². The molecule has 0 heterocycles. The molecule has 0 radical (unpaired) electrons. The van der Waals surface area contributed by atoms with Crippen molar-refractivity contribution in [2.45, 2.75) is 37.2 Å². The summed E-state index contributed by atoms with van der Waals surface area (Å²) in [6.45, 7) is 1.58. The Labute approximate surface area is 108 Å². The highest BCUT2D eigenvalue weighted by Gasteiger charge is 2.44. The number of sulfone groups is 1. The largest absolute Gasteiger partial charge is 0.469 e. The molecule has 0 aromatic heterocycles. The molecule has 1 rings (SSSR count). The summed E-state index contributed by atoms with van der Waals surface area (Å²) in [7, 11) is -0.492. The molecule has 0 aliphatic heterocycles. The molecule has 7 heteroatoms. The molecule has 4 unspecified atom stereocenters. The number of methoxy groups -OCH3 is 2. The first-order chi connectivity index (χ1) is 8.37. The maximum atomic E-state index is 11.9. The number of ether oxygens (including phenoxy) is 2. The minimum Gasteiger partial charge on any atom is -0.469 e. The van der Waals surface area contributed by atoms with Crippen LogP contribution in [0.15, 0.2) is 0 Å². The van der Waals surface area contributed by atoms with Gasteiger partial charge in [-0.05, 0) is 12.8 Å². The molecular formula is C11H21NO5S. The maximum Gasteiger partial charge on any atom is 0.311 e. The van der Waals surface area contributed by atoms with Crippen molar-refractivity contribution < 1.29 is 22.7 Å². The molecule has 6 nitrogen and oxygen atoms in total. The van der Waals surface area contributed by atoms with Gasteiger partial charge in [0.25, 0.3) is 0 Å². The van der Waals surface area contributed by atoms with E-state index in [2.05, 4.69) is 0 Å². The third kappa shape index (κ3) is 3.02. The van der Waals surface area contributed by atoms with Gasteiger partial charge in [-0.1, -0.05) is 6.92 Å². The lowest BCUT2D eigenvalue weighted by Crippen LogP contribution is -2.52. The van der Waals surface area contributed by atoms with Crippen LogP contribution in [0.25, 0.3) is 0 Å². The van der Waals surface area contributed by atoms with Crippen molar-refractivity contribution in [3.05, 3.63) is 0 Å². The quantitative estimate of drug-likeness (QED) is 0.711. The highest BCUT2D eigenvalue weighted by molar-refractivity contribution is 7.92. The second-order valence-electron chi connectivity index (χ2n) is 4.53. The fraction of sp³-hybridized carbons (Fsp3) is 0.909. The van der Waals surface area contributed by atoms with Crippen LogP contribution in [0.5, 0.6) is 0 Å². The Kier molecular flexibility index (Phi) is 5.12. The Morgan fingerprint density at radius 2 is 1.94 bits per heavy atom. The summed E-state index contributed by atoms with van der Waals surface area (Å²) < 4.78 is 33.8. The fourth-order valence-corrected chi connectivity index (χ4v) is 4.02. The number of rotatable bonds is 4. The molecule has 1 aliphatic carbocycles. The van der Waals surface area contributed by atoms with Crippen LogP contribution in [-0.2, 0) is 24.1 Å². The fourth-order valence-electron chi connectivity index (χ4n) is 2.45. The normalized spacial score (nSPS) is 33.1. The van der Waals surface area contributed by atoms with E-state index in [1.165, 1.54) is 14.2 Å². The molecule has 0 amide bonds. The molecular weight excluding hydrogens is 258 g/mol. The van der Waals surface area contributed by atoms with Crippen molar-refractivity contribution in [2.75, 3.05) is 20.0 Å². The third-order valence-corrected chi connectivity index (χ3v) is 5.86. The van der Waals surface area contributed by atoms with Crippen LogP contribution < -0.4 is 5.73 Å². The molecule has 0 aromatic carbocycles. The van der Waals surface area contributed by atoms with E-state index in [1.54, 1.807) is 6.92 Å². The number of hydrogen-bond donors (Lipinski definition) is 1. The topological polar surface area (TPSA) is 95.7 Å². The number of nitrogens with two attached hydrogens (primary N) is 1. The van der Waals surface area contributed by atoms with Gasteiger partial charge in [-0.3, -0.25) is 4.79 Å². The molecule has 1 aliphatic rings. The van der Waals surface area contributed by atoms with Crippen LogP contribution >= 0.6 is 0 Å². The summed E-state index contributed by atoms with van der Waals surface area (Å²) in [5.41, 5.74) is 5.90. The molecule has 0 bridgehead atoms. The summed E-state index contributed by atoms with van der Waals surface area (Å²) in [5, 5.41) is -0.696. The zero-order valence-corrected chi connectivity index (χ0v) is 11.8. The van der Waals surface area contributed by atoms with E-state index >= 15 is 0 Å².